The zero-order chi connectivity index (χ0) is 45.1. The Morgan fingerprint density at radius 3 is 0.823 bits per heavy atom. The smallest absolute Gasteiger partial charge is 0.306 e. The first-order valence-corrected chi connectivity index (χ1v) is 27.3. The second kappa shape index (κ2) is 51.5. The number of carbonyl (C=O) groups excluding carboxylic acids is 3. The summed E-state index contributed by atoms with van der Waals surface area (Å²) in [6.45, 7) is 6.64. The summed E-state index contributed by atoms with van der Waals surface area (Å²) in [5.41, 5.74) is 0. The molecule has 0 rings (SSSR count). The van der Waals surface area contributed by atoms with Gasteiger partial charge in [-0.3, -0.25) is 14.4 Å². The van der Waals surface area contributed by atoms with Crippen LogP contribution < -0.4 is 0 Å². The van der Waals surface area contributed by atoms with E-state index in [0.29, 0.717) is 19.3 Å². The minimum absolute atomic E-state index is 0.0779. The molecule has 0 saturated heterocycles. The van der Waals surface area contributed by atoms with E-state index in [0.717, 1.165) is 83.5 Å². The topological polar surface area (TPSA) is 78.9 Å². The van der Waals surface area contributed by atoms with Crippen LogP contribution in [-0.2, 0) is 28.6 Å². The van der Waals surface area contributed by atoms with E-state index in [1.165, 1.54) is 173 Å². The van der Waals surface area contributed by atoms with E-state index in [-0.39, 0.29) is 31.1 Å². The number of ether oxygens (including phenoxy) is 3. The molecule has 62 heavy (non-hydrogen) atoms. The first-order chi connectivity index (χ1) is 30.5. The highest BCUT2D eigenvalue weighted by Crippen LogP contribution is 2.16. The lowest BCUT2D eigenvalue weighted by atomic mass is 10.0. The monoisotopic (exact) mass is 873 g/mol. The Bertz CT molecular complexity index is 1000. The molecule has 0 N–H and O–H groups in total. The number of allylic oxidation sites excluding steroid dienone is 4. The summed E-state index contributed by atoms with van der Waals surface area (Å²) in [5.74, 6) is -0.895. The van der Waals surface area contributed by atoms with Gasteiger partial charge in [-0.1, -0.05) is 231 Å². The van der Waals surface area contributed by atoms with Crippen molar-refractivity contribution < 1.29 is 28.6 Å². The second-order valence-corrected chi connectivity index (χ2v) is 18.5. The van der Waals surface area contributed by atoms with Crippen molar-refractivity contribution in [2.75, 3.05) is 13.2 Å². The zero-order valence-electron chi connectivity index (χ0n) is 41.7. The Balaban J connectivity index is 4.37. The van der Waals surface area contributed by atoms with Gasteiger partial charge in [0.15, 0.2) is 6.10 Å². The van der Waals surface area contributed by atoms with Gasteiger partial charge in [-0.15, -0.1) is 0 Å². The quantitative estimate of drug-likeness (QED) is 0.0262. The minimum atomic E-state index is -0.780. The maximum atomic E-state index is 12.8. The summed E-state index contributed by atoms with van der Waals surface area (Å²) >= 11 is 0. The molecule has 0 heterocycles. The molecule has 0 aliphatic rings. The summed E-state index contributed by atoms with van der Waals surface area (Å²) < 4.78 is 16.8. The fraction of sp³-hybridized carbons (Fsp3) is 0.875. The molecule has 0 aliphatic heterocycles. The third-order valence-electron chi connectivity index (χ3n) is 12.2. The van der Waals surface area contributed by atoms with E-state index >= 15 is 0 Å². The lowest BCUT2D eigenvalue weighted by Crippen LogP contribution is -2.30. The number of rotatable bonds is 50. The summed E-state index contributed by atoms with van der Waals surface area (Å²) in [4.78, 5) is 38.0. The molecule has 6 heteroatoms. The van der Waals surface area contributed by atoms with Crippen LogP contribution in [-0.4, -0.2) is 37.2 Å². The number of unbranched alkanes of at least 4 members (excludes halogenated alkanes) is 35. The maximum Gasteiger partial charge on any atom is 0.306 e. The standard InChI is InChI=1S/C56H104O6/c1-4-7-10-13-16-19-22-25-28-29-32-34-37-40-43-46-49-55(58)61-52-53(62-56(59)50-47-44-41-38-35-31-27-24-21-18-15-12-9-6-3)51-60-54(57)48-45-42-39-36-33-30-26-23-20-17-14-11-8-5-2/h30-31,33,35,53H,4-29,32,34,36-52H2,1-3H3/b33-30-,35-31-. The van der Waals surface area contributed by atoms with Gasteiger partial charge in [0, 0.05) is 19.3 Å². The second-order valence-electron chi connectivity index (χ2n) is 18.5. The molecule has 0 saturated carbocycles. The first-order valence-electron chi connectivity index (χ1n) is 27.3. The van der Waals surface area contributed by atoms with Crippen molar-refractivity contribution in [3.8, 4) is 0 Å². The Morgan fingerprint density at radius 2 is 0.532 bits per heavy atom. The molecule has 6 nitrogen and oxygen atoms in total. The number of esters is 3. The fourth-order valence-corrected chi connectivity index (χ4v) is 8.02. The van der Waals surface area contributed by atoms with E-state index in [1.807, 2.05) is 0 Å². The van der Waals surface area contributed by atoms with Crippen molar-refractivity contribution >= 4 is 17.9 Å². The molecule has 0 radical (unpaired) electrons. The lowest BCUT2D eigenvalue weighted by molar-refractivity contribution is -0.167. The molecule has 0 bridgehead atoms. The molecule has 0 fully saturated rings. The van der Waals surface area contributed by atoms with Crippen LogP contribution in [0.5, 0.6) is 0 Å². The van der Waals surface area contributed by atoms with Gasteiger partial charge in [-0.25, -0.2) is 0 Å². The Morgan fingerprint density at radius 1 is 0.306 bits per heavy atom. The molecular weight excluding hydrogens is 769 g/mol. The van der Waals surface area contributed by atoms with Crippen LogP contribution in [0.2, 0.25) is 0 Å². The first kappa shape index (κ1) is 59.9. The van der Waals surface area contributed by atoms with E-state index < -0.39 is 6.10 Å². The van der Waals surface area contributed by atoms with Crippen LogP contribution in [0.25, 0.3) is 0 Å². The van der Waals surface area contributed by atoms with Crippen LogP contribution in [0.1, 0.15) is 297 Å². The fourth-order valence-electron chi connectivity index (χ4n) is 8.02. The molecule has 1 unspecified atom stereocenters. The third-order valence-corrected chi connectivity index (χ3v) is 12.2. The van der Waals surface area contributed by atoms with E-state index in [1.54, 1.807) is 0 Å². The van der Waals surface area contributed by atoms with Gasteiger partial charge < -0.3 is 14.2 Å². The molecule has 0 aliphatic carbocycles. The minimum Gasteiger partial charge on any atom is -0.462 e. The zero-order valence-corrected chi connectivity index (χ0v) is 41.7. The van der Waals surface area contributed by atoms with Crippen molar-refractivity contribution in [3.05, 3.63) is 24.3 Å². The van der Waals surface area contributed by atoms with Crippen molar-refractivity contribution in [2.24, 2.45) is 0 Å². The number of hydrogen-bond acceptors (Lipinski definition) is 6. The van der Waals surface area contributed by atoms with Gasteiger partial charge >= 0.3 is 17.9 Å². The van der Waals surface area contributed by atoms with Crippen LogP contribution >= 0.6 is 0 Å². The van der Waals surface area contributed by atoms with Crippen LogP contribution in [0, 0.1) is 0 Å². The van der Waals surface area contributed by atoms with Gasteiger partial charge in [0.2, 0.25) is 0 Å². The molecular formula is C56H104O6. The number of carbonyl (C=O) groups is 3. The van der Waals surface area contributed by atoms with Gasteiger partial charge in [0.25, 0.3) is 0 Å². The molecule has 0 aromatic carbocycles. The van der Waals surface area contributed by atoms with Crippen LogP contribution in [0.3, 0.4) is 0 Å². The van der Waals surface area contributed by atoms with E-state index in [9.17, 15) is 14.4 Å². The molecule has 0 aromatic rings. The summed E-state index contributed by atoms with van der Waals surface area (Å²) in [6.07, 6.45) is 58.8. The highest BCUT2D eigenvalue weighted by atomic mass is 16.6. The van der Waals surface area contributed by atoms with Crippen molar-refractivity contribution in [1.82, 2.24) is 0 Å². The van der Waals surface area contributed by atoms with Gasteiger partial charge in [0.05, 0.1) is 0 Å². The maximum absolute atomic E-state index is 12.8. The van der Waals surface area contributed by atoms with Crippen molar-refractivity contribution in [2.45, 2.75) is 303 Å². The SMILES string of the molecule is CCCCCCCCC/C=C\CCCCCC(=O)OCC(COC(=O)CCCCCCCCCCCCCCCCCC)OC(=O)CCCCC/C=C\CCCCCCCCC. The van der Waals surface area contributed by atoms with Gasteiger partial charge in [-0.05, 0) is 70.6 Å². The molecule has 0 amide bonds. The number of hydrogen-bond donors (Lipinski definition) is 0. The Hall–Kier alpha value is -2.11. The Labute approximate surface area is 385 Å². The molecule has 0 spiro atoms. The van der Waals surface area contributed by atoms with Crippen LogP contribution in [0.15, 0.2) is 24.3 Å². The highest BCUT2D eigenvalue weighted by Gasteiger charge is 2.19. The summed E-state index contributed by atoms with van der Waals surface area (Å²) in [7, 11) is 0. The highest BCUT2D eigenvalue weighted by molar-refractivity contribution is 5.71. The van der Waals surface area contributed by atoms with Crippen LogP contribution in [0.4, 0.5) is 0 Å². The normalized spacial score (nSPS) is 12.1. The predicted octanol–water partition coefficient (Wildman–Crippen LogP) is 17.9. The average Bonchev–Trinajstić information content (AvgIpc) is 3.27. The molecule has 364 valence electrons. The van der Waals surface area contributed by atoms with Crippen molar-refractivity contribution in [3.63, 3.8) is 0 Å². The molecule has 0 aromatic heterocycles. The third kappa shape index (κ3) is 48.9. The Kier molecular flexibility index (Phi) is 49.8. The van der Waals surface area contributed by atoms with E-state index in [4.69, 9.17) is 14.2 Å². The average molecular weight is 873 g/mol. The predicted molar refractivity (Wildman–Crippen MR) is 266 cm³/mol. The van der Waals surface area contributed by atoms with E-state index in [2.05, 4.69) is 45.1 Å². The lowest BCUT2D eigenvalue weighted by Gasteiger charge is -2.18. The van der Waals surface area contributed by atoms with Crippen molar-refractivity contribution in [1.29, 1.82) is 0 Å². The molecule has 1 atom stereocenters. The summed E-state index contributed by atoms with van der Waals surface area (Å²) in [6, 6.07) is 0. The van der Waals surface area contributed by atoms with Gasteiger partial charge in [0.1, 0.15) is 13.2 Å². The van der Waals surface area contributed by atoms with Gasteiger partial charge in [-0.2, -0.15) is 0 Å². The largest absolute Gasteiger partial charge is 0.462 e. The summed E-state index contributed by atoms with van der Waals surface area (Å²) in [5, 5.41) is 0.